The number of nitrogens with zero attached hydrogens (tertiary/aromatic N) is 4. The van der Waals surface area contributed by atoms with Crippen LogP contribution >= 0.6 is 0 Å². The van der Waals surface area contributed by atoms with Gasteiger partial charge in [0.05, 0.1) is 28.3 Å². The summed E-state index contributed by atoms with van der Waals surface area (Å²) >= 11 is 0. The number of hydrogen-bond donors (Lipinski definition) is 0. The summed E-state index contributed by atoms with van der Waals surface area (Å²) in [5.41, 5.74) is 13.5. The number of fused-ring (bicyclic) bond motifs is 6. The number of hydrogen-bond acceptors (Lipinski definition) is 5. The second kappa shape index (κ2) is 13.7. The third kappa shape index (κ3) is 5.88. The average molecular weight is 731 g/mol. The van der Waals surface area contributed by atoms with Gasteiger partial charge in [-0.15, -0.1) is 0 Å². The van der Waals surface area contributed by atoms with Gasteiger partial charge in [0.15, 0.2) is 5.58 Å². The van der Waals surface area contributed by atoms with Crippen LogP contribution in [0.4, 0.5) is 0 Å². The Morgan fingerprint density at radius 3 is 1.98 bits per heavy atom. The number of rotatable bonds is 6. The van der Waals surface area contributed by atoms with E-state index in [1.807, 2.05) is 60.9 Å². The van der Waals surface area contributed by atoms with Crippen LogP contribution < -0.4 is 0 Å². The lowest BCUT2D eigenvalue weighted by Crippen LogP contribution is -2.02. The molecule has 0 amide bonds. The topological polar surface area (TPSA) is 64.7 Å². The Morgan fingerprint density at radius 2 is 1.21 bits per heavy atom. The third-order valence-corrected chi connectivity index (χ3v) is 11.1. The lowest BCUT2D eigenvalue weighted by Gasteiger charge is -2.19. The quantitative estimate of drug-likeness (QED) is 0.170. The highest BCUT2D eigenvalue weighted by Crippen LogP contribution is 2.42. The summed E-state index contributed by atoms with van der Waals surface area (Å²) in [6.45, 7) is 0. The highest BCUT2D eigenvalue weighted by atomic mass is 16.3. The van der Waals surface area contributed by atoms with Crippen LogP contribution in [0.2, 0.25) is 0 Å². The lowest BCUT2D eigenvalue weighted by molar-refractivity contribution is 0.669. The first-order valence-corrected chi connectivity index (χ1v) is 19.3. The number of allylic oxidation sites excluding steroid dienone is 4. The number of pyridine rings is 4. The normalized spacial score (nSPS) is 14.1. The van der Waals surface area contributed by atoms with Crippen molar-refractivity contribution in [3.63, 3.8) is 0 Å². The Hall–Kier alpha value is -7.50. The van der Waals surface area contributed by atoms with Crippen molar-refractivity contribution < 1.29 is 4.42 Å². The smallest absolute Gasteiger partial charge is 0.162 e. The zero-order chi connectivity index (χ0) is 37.7. The van der Waals surface area contributed by atoms with Crippen molar-refractivity contribution in [1.82, 2.24) is 19.9 Å². The van der Waals surface area contributed by atoms with Crippen LogP contribution in [0.5, 0.6) is 0 Å². The predicted octanol–water partition coefficient (Wildman–Crippen LogP) is 13.3. The van der Waals surface area contributed by atoms with Crippen LogP contribution in [-0.4, -0.2) is 19.9 Å². The number of furan rings is 1. The van der Waals surface area contributed by atoms with E-state index >= 15 is 0 Å². The maximum atomic E-state index is 6.64. The second-order valence-corrected chi connectivity index (χ2v) is 14.6. The van der Waals surface area contributed by atoms with Gasteiger partial charge < -0.3 is 4.42 Å². The first kappa shape index (κ1) is 32.9. The van der Waals surface area contributed by atoms with E-state index in [4.69, 9.17) is 14.4 Å². The van der Waals surface area contributed by atoms with Crippen molar-refractivity contribution in [1.29, 1.82) is 0 Å². The molecule has 268 valence electrons. The monoisotopic (exact) mass is 730 g/mol. The molecular formula is C52H34N4O. The highest BCUT2D eigenvalue weighted by Gasteiger charge is 2.21. The van der Waals surface area contributed by atoms with Crippen molar-refractivity contribution in [3.05, 3.63) is 199 Å². The summed E-state index contributed by atoms with van der Waals surface area (Å²) in [5.74, 6) is 0.156. The summed E-state index contributed by atoms with van der Waals surface area (Å²) in [5, 5.41) is 5.68. The molecule has 5 nitrogen and oxygen atoms in total. The summed E-state index contributed by atoms with van der Waals surface area (Å²) < 4.78 is 6.64. The molecule has 1 atom stereocenters. The average Bonchev–Trinajstić information content (AvgIpc) is 3.69. The Morgan fingerprint density at radius 1 is 0.526 bits per heavy atom. The molecule has 1 aliphatic carbocycles. The van der Waals surface area contributed by atoms with Crippen LogP contribution in [0.25, 0.3) is 94.3 Å². The van der Waals surface area contributed by atoms with Crippen LogP contribution in [0.15, 0.2) is 193 Å². The molecule has 5 aromatic heterocycles. The minimum Gasteiger partial charge on any atom is -0.454 e. The summed E-state index contributed by atoms with van der Waals surface area (Å²) in [4.78, 5) is 19.7. The van der Waals surface area contributed by atoms with E-state index in [0.717, 1.165) is 90.0 Å². The molecular weight excluding hydrogens is 697 g/mol. The van der Waals surface area contributed by atoms with E-state index in [1.54, 1.807) is 0 Å². The van der Waals surface area contributed by atoms with Gasteiger partial charge in [0, 0.05) is 45.6 Å². The van der Waals surface area contributed by atoms with E-state index in [0.29, 0.717) is 0 Å². The molecule has 0 spiro atoms. The molecule has 0 bridgehead atoms. The number of benzene rings is 5. The van der Waals surface area contributed by atoms with E-state index < -0.39 is 0 Å². The van der Waals surface area contributed by atoms with Gasteiger partial charge in [-0.05, 0) is 88.0 Å². The van der Waals surface area contributed by atoms with Gasteiger partial charge in [-0.1, -0.05) is 127 Å². The largest absolute Gasteiger partial charge is 0.454 e. The molecule has 57 heavy (non-hydrogen) atoms. The molecule has 0 N–H and O–H groups in total. The van der Waals surface area contributed by atoms with Gasteiger partial charge in [0.25, 0.3) is 0 Å². The predicted molar refractivity (Wildman–Crippen MR) is 233 cm³/mol. The first-order chi connectivity index (χ1) is 28.2. The van der Waals surface area contributed by atoms with Crippen molar-refractivity contribution in [2.24, 2.45) is 0 Å². The molecule has 5 heteroatoms. The number of para-hydroxylation sites is 2. The van der Waals surface area contributed by atoms with Gasteiger partial charge >= 0.3 is 0 Å². The third-order valence-electron chi connectivity index (χ3n) is 11.1. The summed E-state index contributed by atoms with van der Waals surface area (Å²) in [6, 6.07) is 54.9. The van der Waals surface area contributed by atoms with Crippen molar-refractivity contribution in [2.75, 3.05) is 0 Å². The highest BCUT2D eigenvalue weighted by molar-refractivity contribution is 6.22. The molecule has 5 aromatic carbocycles. The van der Waals surface area contributed by atoms with E-state index in [1.165, 1.54) is 21.9 Å². The fourth-order valence-electron chi connectivity index (χ4n) is 8.28. The fourth-order valence-corrected chi connectivity index (χ4v) is 8.28. The molecule has 1 aliphatic rings. The molecule has 1 unspecified atom stereocenters. The van der Waals surface area contributed by atoms with Gasteiger partial charge in [-0.3, -0.25) is 9.97 Å². The van der Waals surface area contributed by atoms with Crippen LogP contribution in [0.1, 0.15) is 23.5 Å². The summed E-state index contributed by atoms with van der Waals surface area (Å²) in [7, 11) is 0. The molecule has 0 saturated heterocycles. The SMILES string of the molecule is C1=CC(c2ccc(-c3nc4c(-c5ccc6ccccc6c5)cccc4c4c3oc3ccccc34)cc2)=CC(c2cc(-c3ccccn3)nc(-c3ccccn3)c2)C1. The maximum absolute atomic E-state index is 6.64. The Bertz CT molecular complexity index is 3140. The van der Waals surface area contributed by atoms with E-state index in [-0.39, 0.29) is 5.92 Å². The van der Waals surface area contributed by atoms with E-state index in [9.17, 15) is 0 Å². The van der Waals surface area contributed by atoms with Gasteiger partial charge in [0.1, 0.15) is 11.3 Å². The van der Waals surface area contributed by atoms with Crippen LogP contribution in [0, 0.1) is 0 Å². The molecule has 11 rings (SSSR count). The Balaban J connectivity index is 1.01. The number of aromatic nitrogens is 4. The van der Waals surface area contributed by atoms with Crippen molar-refractivity contribution >= 4 is 49.2 Å². The van der Waals surface area contributed by atoms with E-state index in [2.05, 4.69) is 137 Å². The van der Waals surface area contributed by atoms with Gasteiger partial charge in [-0.25, -0.2) is 9.97 Å². The molecule has 0 radical (unpaired) electrons. The van der Waals surface area contributed by atoms with Gasteiger partial charge in [0.2, 0.25) is 0 Å². The van der Waals surface area contributed by atoms with Crippen LogP contribution in [0.3, 0.4) is 0 Å². The molecule has 0 saturated carbocycles. The molecule has 5 heterocycles. The molecule has 0 aliphatic heterocycles. The first-order valence-electron chi connectivity index (χ1n) is 19.3. The van der Waals surface area contributed by atoms with Crippen molar-refractivity contribution in [3.8, 4) is 45.2 Å². The fraction of sp³-hybridized carbons (Fsp3) is 0.0385. The molecule has 0 fully saturated rings. The Labute approximate surface area is 329 Å². The maximum Gasteiger partial charge on any atom is 0.162 e. The van der Waals surface area contributed by atoms with Crippen LogP contribution in [-0.2, 0) is 0 Å². The second-order valence-electron chi connectivity index (χ2n) is 14.6. The summed E-state index contributed by atoms with van der Waals surface area (Å²) in [6.07, 6.45) is 11.4. The Kier molecular flexibility index (Phi) is 7.88. The van der Waals surface area contributed by atoms with Gasteiger partial charge in [-0.2, -0.15) is 0 Å². The zero-order valence-electron chi connectivity index (χ0n) is 30.9. The lowest BCUT2D eigenvalue weighted by atomic mass is 9.86. The minimum atomic E-state index is 0.156. The van der Waals surface area contributed by atoms with Crippen molar-refractivity contribution in [2.45, 2.75) is 12.3 Å². The standard InChI is InChI=1S/C52H34N4O/c1-2-12-36-30-39(26-23-33(36)11-1)41-16-10-17-43-49-42-15-3-4-20-48(42)57-52(49)50(56-51(41)43)35-24-21-34(22-25-35)37-13-9-14-38(29-37)40-31-46(44-18-5-7-27-53-44)55-47(32-40)45-19-6-8-28-54-45/h1-13,15-32,38H,14H2. The zero-order valence-corrected chi connectivity index (χ0v) is 30.9. The minimum absolute atomic E-state index is 0.156. The molecule has 10 aromatic rings.